The van der Waals surface area contributed by atoms with Crippen molar-refractivity contribution in [2.45, 2.75) is 6.42 Å². The predicted molar refractivity (Wildman–Crippen MR) is 70.2 cm³/mol. The quantitative estimate of drug-likeness (QED) is 0.746. The van der Waals surface area contributed by atoms with Gasteiger partial charge in [0.25, 0.3) is 0 Å². The average Bonchev–Trinajstić information content (AvgIpc) is 2.39. The Morgan fingerprint density at radius 1 is 1.12 bits per heavy atom. The van der Waals surface area contributed by atoms with E-state index in [1.165, 1.54) is 0 Å². The summed E-state index contributed by atoms with van der Waals surface area (Å²) in [6.07, 6.45) is 5.17. The summed E-state index contributed by atoms with van der Waals surface area (Å²) in [7, 11) is 1.67. The molecule has 2 heteroatoms. The van der Waals surface area contributed by atoms with Crippen LogP contribution in [-0.4, -0.2) is 13.4 Å². The zero-order valence-corrected chi connectivity index (χ0v) is 9.72. The molecular weight excluding hydrogens is 212 g/mol. The topological polar surface area (TPSA) is 26.3 Å². The number of fused-ring (bicyclic) bond motifs is 1. The van der Waals surface area contributed by atoms with Crippen LogP contribution in [0.1, 0.15) is 12.0 Å². The van der Waals surface area contributed by atoms with Crippen LogP contribution >= 0.6 is 0 Å². The third-order valence-corrected chi connectivity index (χ3v) is 2.67. The third kappa shape index (κ3) is 2.36. The first-order valence-electron chi connectivity index (χ1n) is 5.52. The highest BCUT2D eigenvalue weighted by molar-refractivity contribution is 5.95. The highest BCUT2D eigenvalue weighted by Crippen LogP contribution is 2.28. The first-order valence-corrected chi connectivity index (χ1v) is 5.52. The SMILES string of the molecule is COc1ccc(C=CCC=O)c2ccccc12. The van der Waals surface area contributed by atoms with Gasteiger partial charge >= 0.3 is 0 Å². The van der Waals surface area contributed by atoms with Gasteiger partial charge in [-0.1, -0.05) is 42.5 Å². The Labute approximate surface area is 101 Å². The lowest BCUT2D eigenvalue weighted by Crippen LogP contribution is -1.86. The molecular formula is C15H14O2. The van der Waals surface area contributed by atoms with Gasteiger partial charge in [-0.2, -0.15) is 0 Å². The fourth-order valence-corrected chi connectivity index (χ4v) is 1.87. The Morgan fingerprint density at radius 3 is 2.59 bits per heavy atom. The summed E-state index contributed by atoms with van der Waals surface area (Å²) in [6, 6.07) is 12.0. The Hall–Kier alpha value is -2.09. The van der Waals surface area contributed by atoms with Crippen LogP contribution in [0.4, 0.5) is 0 Å². The van der Waals surface area contributed by atoms with Crippen LogP contribution in [-0.2, 0) is 4.79 Å². The summed E-state index contributed by atoms with van der Waals surface area (Å²) in [5.41, 5.74) is 1.10. The molecule has 0 atom stereocenters. The predicted octanol–water partition coefficient (Wildman–Crippen LogP) is 3.45. The van der Waals surface area contributed by atoms with Gasteiger partial charge in [0, 0.05) is 11.8 Å². The maximum absolute atomic E-state index is 10.3. The summed E-state index contributed by atoms with van der Waals surface area (Å²) in [5, 5.41) is 2.22. The van der Waals surface area contributed by atoms with Crippen LogP contribution in [0.2, 0.25) is 0 Å². The molecule has 0 aromatic heterocycles. The van der Waals surface area contributed by atoms with E-state index in [9.17, 15) is 4.79 Å². The maximum atomic E-state index is 10.3. The zero-order valence-electron chi connectivity index (χ0n) is 9.72. The summed E-state index contributed by atoms with van der Waals surface area (Å²) >= 11 is 0. The van der Waals surface area contributed by atoms with Gasteiger partial charge in [0.2, 0.25) is 0 Å². The minimum absolute atomic E-state index is 0.445. The number of aldehydes is 1. The Bertz CT molecular complexity index is 556. The molecule has 0 aliphatic carbocycles. The molecule has 0 saturated carbocycles. The van der Waals surface area contributed by atoms with E-state index in [-0.39, 0.29) is 0 Å². The second-order valence-corrected chi connectivity index (χ2v) is 3.71. The molecule has 0 heterocycles. The van der Waals surface area contributed by atoms with Crippen LogP contribution in [0.3, 0.4) is 0 Å². The van der Waals surface area contributed by atoms with E-state index in [0.29, 0.717) is 6.42 Å². The number of carbonyl (C=O) groups excluding carboxylic acids is 1. The van der Waals surface area contributed by atoms with Crippen molar-refractivity contribution in [3.63, 3.8) is 0 Å². The monoisotopic (exact) mass is 226 g/mol. The standard InChI is InChI=1S/C15H14O2/c1-17-15-10-9-12(6-4-5-11-16)13-7-2-3-8-14(13)15/h2-4,6-11H,5H2,1H3. The van der Waals surface area contributed by atoms with Crippen molar-refractivity contribution in [1.29, 1.82) is 0 Å². The van der Waals surface area contributed by atoms with Crippen molar-refractivity contribution < 1.29 is 9.53 Å². The van der Waals surface area contributed by atoms with Gasteiger partial charge in [-0.25, -0.2) is 0 Å². The molecule has 0 saturated heterocycles. The number of hydrogen-bond donors (Lipinski definition) is 0. The first-order chi connectivity index (χ1) is 8.36. The minimum Gasteiger partial charge on any atom is -0.496 e. The average molecular weight is 226 g/mol. The van der Waals surface area contributed by atoms with E-state index in [1.807, 2.05) is 42.5 Å². The molecule has 0 amide bonds. The molecule has 2 nitrogen and oxygen atoms in total. The number of ether oxygens (including phenoxy) is 1. The van der Waals surface area contributed by atoms with E-state index < -0.39 is 0 Å². The third-order valence-electron chi connectivity index (χ3n) is 2.67. The Kier molecular flexibility index (Phi) is 3.55. The van der Waals surface area contributed by atoms with Gasteiger partial charge in [0.05, 0.1) is 7.11 Å². The largest absolute Gasteiger partial charge is 0.496 e. The number of benzene rings is 2. The maximum Gasteiger partial charge on any atom is 0.126 e. The van der Waals surface area contributed by atoms with E-state index >= 15 is 0 Å². The van der Waals surface area contributed by atoms with Crippen LogP contribution in [0.15, 0.2) is 42.5 Å². The second kappa shape index (κ2) is 5.30. The van der Waals surface area contributed by atoms with E-state index in [1.54, 1.807) is 7.11 Å². The van der Waals surface area contributed by atoms with E-state index in [0.717, 1.165) is 28.4 Å². The Morgan fingerprint density at radius 2 is 1.88 bits per heavy atom. The van der Waals surface area contributed by atoms with Crippen molar-refractivity contribution in [3.05, 3.63) is 48.0 Å². The van der Waals surface area contributed by atoms with Gasteiger partial charge in [0.1, 0.15) is 12.0 Å². The minimum atomic E-state index is 0.445. The molecule has 0 bridgehead atoms. The molecule has 0 unspecified atom stereocenters. The lowest BCUT2D eigenvalue weighted by atomic mass is 10.0. The Balaban J connectivity index is 2.54. The van der Waals surface area contributed by atoms with Crippen molar-refractivity contribution in [2.24, 2.45) is 0 Å². The molecule has 2 aromatic rings. The fourth-order valence-electron chi connectivity index (χ4n) is 1.87. The van der Waals surface area contributed by atoms with Crippen molar-refractivity contribution in [2.75, 3.05) is 7.11 Å². The lowest BCUT2D eigenvalue weighted by molar-refractivity contribution is -0.107. The molecule has 2 aromatic carbocycles. The number of hydrogen-bond acceptors (Lipinski definition) is 2. The van der Waals surface area contributed by atoms with Crippen LogP contribution in [0.25, 0.3) is 16.8 Å². The second-order valence-electron chi connectivity index (χ2n) is 3.71. The highest BCUT2D eigenvalue weighted by atomic mass is 16.5. The highest BCUT2D eigenvalue weighted by Gasteiger charge is 2.03. The van der Waals surface area contributed by atoms with Crippen molar-refractivity contribution in [3.8, 4) is 5.75 Å². The number of methoxy groups -OCH3 is 1. The van der Waals surface area contributed by atoms with Crippen molar-refractivity contribution >= 4 is 23.1 Å². The van der Waals surface area contributed by atoms with E-state index in [4.69, 9.17) is 4.74 Å². The van der Waals surface area contributed by atoms with E-state index in [2.05, 4.69) is 6.07 Å². The number of allylic oxidation sites excluding steroid dienone is 1. The first kappa shape index (κ1) is 11.4. The van der Waals surface area contributed by atoms with Gasteiger partial charge < -0.3 is 9.53 Å². The van der Waals surface area contributed by atoms with Gasteiger partial charge in [-0.3, -0.25) is 0 Å². The van der Waals surface area contributed by atoms with Crippen LogP contribution in [0.5, 0.6) is 5.75 Å². The molecule has 0 fully saturated rings. The van der Waals surface area contributed by atoms with Crippen LogP contribution < -0.4 is 4.74 Å². The molecule has 0 N–H and O–H groups in total. The summed E-state index contributed by atoms with van der Waals surface area (Å²) in [5.74, 6) is 0.869. The van der Waals surface area contributed by atoms with Gasteiger partial charge in [-0.05, 0) is 17.0 Å². The normalized spacial score (nSPS) is 10.9. The van der Waals surface area contributed by atoms with Crippen molar-refractivity contribution in [1.82, 2.24) is 0 Å². The zero-order chi connectivity index (χ0) is 12.1. The molecule has 0 radical (unpaired) electrons. The summed E-state index contributed by atoms with van der Waals surface area (Å²) < 4.78 is 5.33. The molecule has 86 valence electrons. The number of carbonyl (C=O) groups is 1. The van der Waals surface area contributed by atoms with Gasteiger partial charge in [-0.15, -0.1) is 0 Å². The summed E-state index contributed by atoms with van der Waals surface area (Å²) in [6.45, 7) is 0. The van der Waals surface area contributed by atoms with Gasteiger partial charge in [0.15, 0.2) is 0 Å². The van der Waals surface area contributed by atoms with Crippen LogP contribution in [0, 0.1) is 0 Å². The lowest BCUT2D eigenvalue weighted by Gasteiger charge is -2.07. The molecule has 0 spiro atoms. The molecule has 2 rings (SSSR count). The summed E-state index contributed by atoms with van der Waals surface area (Å²) in [4.78, 5) is 10.3. The smallest absolute Gasteiger partial charge is 0.126 e. The molecule has 17 heavy (non-hydrogen) atoms. The molecule has 0 aliphatic rings. The fraction of sp³-hybridized carbons (Fsp3) is 0.133. The number of rotatable bonds is 4. The molecule has 0 aliphatic heterocycles.